The molecule has 84 valence electrons. The van der Waals surface area contributed by atoms with Crippen molar-refractivity contribution in [2.75, 3.05) is 11.1 Å². The van der Waals surface area contributed by atoms with Gasteiger partial charge in [-0.3, -0.25) is 0 Å². The molecule has 2 nitrogen and oxygen atoms in total. The lowest BCUT2D eigenvalue weighted by atomic mass is 10.0. The number of hydrogen-bond acceptors (Lipinski definition) is 2. The number of nitrogens with two attached hydrogens (primary N) is 1. The Hall–Kier alpha value is -1.32. The summed E-state index contributed by atoms with van der Waals surface area (Å²) in [5.41, 5.74) is 5.53. The van der Waals surface area contributed by atoms with Crippen molar-refractivity contribution in [2.24, 2.45) is 0 Å². The van der Waals surface area contributed by atoms with Crippen LogP contribution in [0, 0.1) is 11.6 Å². The minimum atomic E-state index is -0.920. The van der Waals surface area contributed by atoms with E-state index >= 15 is 0 Å². The molecule has 0 atom stereocenters. The van der Waals surface area contributed by atoms with E-state index in [-0.39, 0.29) is 16.9 Å². The highest BCUT2D eigenvalue weighted by Gasteiger charge is 2.20. The average molecular weight is 214 g/mol. The summed E-state index contributed by atoms with van der Waals surface area (Å²) in [5.74, 6) is -1.81. The molecule has 0 fully saturated rings. The second-order valence-electron chi connectivity index (χ2n) is 4.19. The molecule has 0 saturated carbocycles. The highest BCUT2D eigenvalue weighted by atomic mass is 19.2. The van der Waals surface area contributed by atoms with Crippen molar-refractivity contribution in [2.45, 2.75) is 32.7 Å². The van der Waals surface area contributed by atoms with Crippen LogP contribution in [0.25, 0.3) is 0 Å². The van der Waals surface area contributed by atoms with Gasteiger partial charge in [0, 0.05) is 5.54 Å². The molecule has 0 aliphatic carbocycles. The molecule has 0 aromatic heterocycles. The zero-order valence-corrected chi connectivity index (χ0v) is 9.20. The van der Waals surface area contributed by atoms with Crippen molar-refractivity contribution in [3.05, 3.63) is 23.8 Å². The number of hydrogen-bond donors (Lipinski definition) is 2. The highest BCUT2D eigenvalue weighted by molar-refractivity contribution is 5.67. The van der Waals surface area contributed by atoms with Crippen LogP contribution < -0.4 is 11.1 Å². The van der Waals surface area contributed by atoms with Gasteiger partial charge in [-0.1, -0.05) is 6.92 Å². The van der Waals surface area contributed by atoms with Gasteiger partial charge in [-0.05, 0) is 32.4 Å². The molecule has 0 saturated heterocycles. The Morgan fingerprint density at radius 1 is 1.33 bits per heavy atom. The van der Waals surface area contributed by atoms with Crippen LogP contribution in [0.15, 0.2) is 12.1 Å². The van der Waals surface area contributed by atoms with Gasteiger partial charge in [0.25, 0.3) is 0 Å². The van der Waals surface area contributed by atoms with Crippen molar-refractivity contribution in [1.82, 2.24) is 0 Å². The lowest BCUT2D eigenvalue weighted by Gasteiger charge is -2.27. The van der Waals surface area contributed by atoms with Gasteiger partial charge in [0.15, 0.2) is 11.6 Å². The van der Waals surface area contributed by atoms with E-state index in [1.54, 1.807) is 0 Å². The summed E-state index contributed by atoms with van der Waals surface area (Å²) < 4.78 is 26.4. The van der Waals surface area contributed by atoms with E-state index in [0.717, 1.165) is 12.5 Å². The summed E-state index contributed by atoms with van der Waals surface area (Å²) in [4.78, 5) is 0. The first-order chi connectivity index (χ1) is 6.87. The van der Waals surface area contributed by atoms with Gasteiger partial charge in [-0.15, -0.1) is 0 Å². The Morgan fingerprint density at radius 2 is 1.93 bits per heavy atom. The van der Waals surface area contributed by atoms with Gasteiger partial charge in [0.05, 0.1) is 11.4 Å². The van der Waals surface area contributed by atoms with Gasteiger partial charge in [-0.25, -0.2) is 8.78 Å². The van der Waals surface area contributed by atoms with Crippen molar-refractivity contribution < 1.29 is 8.78 Å². The maximum absolute atomic E-state index is 13.4. The average Bonchev–Trinajstić information content (AvgIpc) is 2.19. The van der Waals surface area contributed by atoms with Crippen LogP contribution in [-0.4, -0.2) is 5.54 Å². The number of halogens is 2. The Kier molecular flexibility index (Phi) is 3.17. The van der Waals surface area contributed by atoms with Crippen molar-refractivity contribution in [3.63, 3.8) is 0 Å². The lowest BCUT2D eigenvalue weighted by Crippen LogP contribution is -2.30. The van der Waals surface area contributed by atoms with Crippen molar-refractivity contribution in [1.29, 1.82) is 0 Å². The third-order valence-electron chi connectivity index (χ3n) is 2.47. The smallest absolute Gasteiger partial charge is 0.183 e. The SMILES string of the molecule is CCC(C)(C)Nc1c(N)ccc(F)c1F. The van der Waals surface area contributed by atoms with E-state index in [1.807, 2.05) is 20.8 Å². The fourth-order valence-corrected chi connectivity index (χ4v) is 1.12. The van der Waals surface area contributed by atoms with Crippen LogP contribution in [0.1, 0.15) is 27.2 Å². The number of rotatable bonds is 3. The number of anilines is 2. The quantitative estimate of drug-likeness (QED) is 0.758. The number of nitrogen functional groups attached to an aromatic ring is 1. The maximum Gasteiger partial charge on any atom is 0.183 e. The minimum absolute atomic E-state index is 0.0434. The third kappa shape index (κ3) is 2.58. The summed E-state index contributed by atoms with van der Waals surface area (Å²) >= 11 is 0. The molecule has 1 aromatic carbocycles. The molecule has 0 aliphatic heterocycles. The monoisotopic (exact) mass is 214 g/mol. The Balaban J connectivity index is 3.09. The first-order valence-corrected chi connectivity index (χ1v) is 4.89. The topological polar surface area (TPSA) is 38.0 Å². The Labute approximate surface area is 88.5 Å². The van der Waals surface area contributed by atoms with E-state index in [4.69, 9.17) is 5.73 Å². The van der Waals surface area contributed by atoms with Crippen LogP contribution >= 0.6 is 0 Å². The summed E-state index contributed by atoms with van der Waals surface area (Å²) in [6.07, 6.45) is 0.780. The third-order valence-corrected chi connectivity index (χ3v) is 2.47. The van der Waals surface area contributed by atoms with Gasteiger partial charge in [-0.2, -0.15) is 0 Å². The van der Waals surface area contributed by atoms with Crippen LogP contribution in [0.2, 0.25) is 0 Å². The molecule has 1 rings (SSSR count). The molecule has 0 radical (unpaired) electrons. The maximum atomic E-state index is 13.4. The van der Waals surface area contributed by atoms with Crippen molar-refractivity contribution >= 4 is 11.4 Å². The molecule has 0 aliphatic rings. The molecular formula is C11H16F2N2. The van der Waals surface area contributed by atoms with Crippen LogP contribution in [0.4, 0.5) is 20.2 Å². The second kappa shape index (κ2) is 4.04. The van der Waals surface area contributed by atoms with Crippen LogP contribution in [-0.2, 0) is 0 Å². The van der Waals surface area contributed by atoms with E-state index in [9.17, 15) is 8.78 Å². The minimum Gasteiger partial charge on any atom is -0.397 e. The molecule has 0 amide bonds. The zero-order chi connectivity index (χ0) is 11.6. The molecule has 0 heterocycles. The molecule has 0 unspecified atom stereocenters. The number of nitrogens with one attached hydrogen (secondary N) is 1. The van der Waals surface area contributed by atoms with E-state index in [1.165, 1.54) is 6.07 Å². The molecule has 4 heteroatoms. The lowest BCUT2D eigenvalue weighted by molar-refractivity contribution is 0.499. The standard InChI is InChI=1S/C11H16F2N2/c1-4-11(2,3)15-10-8(14)6-5-7(12)9(10)13/h5-6,15H,4,14H2,1-3H3. The van der Waals surface area contributed by atoms with E-state index in [0.29, 0.717) is 0 Å². The number of benzene rings is 1. The van der Waals surface area contributed by atoms with Gasteiger partial charge >= 0.3 is 0 Å². The van der Waals surface area contributed by atoms with Crippen LogP contribution in [0.3, 0.4) is 0 Å². The fraction of sp³-hybridized carbons (Fsp3) is 0.455. The normalized spacial score (nSPS) is 11.5. The van der Waals surface area contributed by atoms with Crippen molar-refractivity contribution in [3.8, 4) is 0 Å². The van der Waals surface area contributed by atoms with Gasteiger partial charge in [0.1, 0.15) is 0 Å². The van der Waals surface area contributed by atoms with Gasteiger partial charge in [0.2, 0.25) is 0 Å². The molecule has 1 aromatic rings. The van der Waals surface area contributed by atoms with E-state index < -0.39 is 11.6 Å². The second-order valence-corrected chi connectivity index (χ2v) is 4.19. The molecule has 0 bridgehead atoms. The molecule has 0 spiro atoms. The summed E-state index contributed by atoms with van der Waals surface area (Å²) in [6, 6.07) is 2.38. The zero-order valence-electron chi connectivity index (χ0n) is 9.20. The molecule has 3 N–H and O–H groups in total. The largest absolute Gasteiger partial charge is 0.397 e. The summed E-state index contributed by atoms with van der Waals surface area (Å²) in [5, 5.41) is 2.91. The molecular weight excluding hydrogens is 198 g/mol. The Bertz CT molecular complexity index is 362. The predicted molar refractivity (Wildman–Crippen MR) is 58.8 cm³/mol. The predicted octanol–water partition coefficient (Wildman–Crippen LogP) is 3.15. The first-order valence-electron chi connectivity index (χ1n) is 4.89. The first kappa shape index (κ1) is 11.8. The van der Waals surface area contributed by atoms with Crippen LogP contribution in [0.5, 0.6) is 0 Å². The summed E-state index contributed by atoms with van der Waals surface area (Å²) in [6.45, 7) is 5.76. The van der Waals surface area contributed by atoms with E-state index in [2.05, 4.69) is 5.32 Å². The Morgan fingerprint density at radius 3 is 2.47 bits per heavy atom. The molecule has 15 heavy (non-hydrogen) atoms. The summed E-state index contributed by atoms with van der Waals surface area (Å²) in [7, 11) is 0. The fourth-order valence-electron chi connectivity index (χ4n) is 1.12. The highest BCUT2D eigenvalue weighted by Crippen LogP contribution is 2.28. The van der Waals surface area contributed by atoms with Gasteiger partial charge < -0.3 is 11.1 Å².